The number of hydrogen-bond acceptors (Lipinski definition) is 6. The van der Waals surface area contributed by atoms with E-state index in [2.05, 4.69) is 39.8 Å². The van der Waals surface area contributed by atoms with E-state index < -0.39 is 6.10 Å². The van der Waals surface area contributed by atoms with Gasteiger partial charge in [0.25, 0.3) is 0 Å². The fourth-order valence-electron chi connectivity index (χ4n) is 2.98. The van der Waals surface area contributed by atoms with Crippen LogP contribution in [0.5, 0.6) is 5.75 Å². The Morgan fingerprint density at radius 2 is 1.80 bits per heavy atom. The highest BCUT2D eigenvalue weighted by Crippen LogP contribution is 2.23. The summed E-state index contributed by atoms with van der Waals surface area (Å²) < 4.78 is 7.78. The van der Waals surface area contributed by atoms with Gasteiger partial charge in [-0.25, -0.2) is 0 Å². The van der Waals surface area contributed by atoms with Crippen LogP contribution in [0.2, 0.25) is 0 Å². The van der Waals surface area contributed by atoms with Crippen molar-refractivity contribution in [3.8, 4) is 16.9 Å². The highest BCUT2D eigenvalue weighted by molar-refractivity contribution is 7.99. The van der Waals surface area contributed by atoms with Gasteiger partial charge in [0, 0.05) is 17.2 Å². The van der Waals surface area contributed by atoms with E-state index in [1.54, 1.807) is 17.7 Å². The zero-order chi connectivity index (χ0) is 20.6. The normalized spacial score (nSPS) is 12.0. The summed E-state index contributed by atoms with van der Waals surface area (Å²) in [5.41, 5.74) is 2.31. The van der Waals surface area contributed by atoms with Crippen molar-refractivity contribution in [3.63, 3.8) is 0 Å². The Morgan fingerprint density at radius 1 is 1.00 bits per heavy atom. The molecule has 5 nitrogen and oxygen atoms in total. The maximum atomic E-state index is 10.3. The monoisotopic (exact) mass is 437 g/mol. The molecule has 2 aromatic carbocycles. The van der Waals surface area contributed by atoms with Crippen molar-refractivity contribution >= 4 is 23.1 Å². The van der Waals surface area contributed by atoms with E-state index in [1.165, 1.54) is 22.2 Å². The molecule has 4 aromatic rings. The molecular weight excluding hydrogens is 414 g/mol. The third-order valence-electron chi connectivity index (χ3n) is 4.57. The largest absolute Gasteiger partial charge is 0.491 e. The van der Waals surface area contributed by atoms with Crippen molar-refractivity contribution < 1.29 is 9.84 Å². The number of benzene rings is 2. The minimum atomic E-state index is -0.591. The van der Waals surface area contributed by atoms with Crippen molar-refractivity contribution in [2.24, 2.45) is 0 Å². The summed E-state index contributed by atoms with van der Waals surface area (Å²) in [6.45, 7) is 1.07. The fourth-order valence-corrected chi connectivity index (χ4v) is 4.53. The summed E-state index contributed by atoms with van der Waals surface area (Å²) >= 11 is 3.25. The molecule has 1 unspecified atom stereocenters. The van der Waals surface area contributed by atoms with Crippen LogP contribution >= 0.6 is 23.1 Å². The lowest BCUT2D eigenvalue weighted by Crippen LogP contribution is -2.20. The number of thioether (sulfide) groups is 1. The zero-order valence-corrected chi connectivity index (χ0v) is 18.1. The van der Waals surface area contributed by atoms with Gasteiger partial charge in [-0.15, -0.1) is 21.5 Å². The molecule has 0 aliphatic carbocycles. The van der Waals surface area contributed by atoms with Crippen LogP contribution in [0.15, 0.2) is 83.6 Å². The van der Waals surface area contributed by atoms with Crippen molar-refractivity contribution in [3.05, 3.63) is 83.3 Å². The Balaban J connectivity index is 1.23. The molecular formula is C23H23N3O2S2. The lowest BCUT2D eigenvalue weighted by atomic mass is 10.1. The van der Waals surface area contributed by atoms with Crippen LogP contribution in [0.25, 0.3) is 11.1 Å². The SMILES string of the molecule is OC(COc1ccc(-c2ccccc2)cc1)CSc1nncn1CCc1cccs1. The van der Waals surface area contributed by atoms with E-state index >= 15 is 0 Å². The number of ether oxygens (including phenoxy) is 1. The molecule has 0 saturated heterocycles. The second-order valence-corrected chi connectivity index (χ2v) is 8.82. The molecule has 0 aliphatic rings. The van der Waals surface area contributed by atoms with E-state index in [0.29, 0.717) is 5.75 Å². The smallest absolute Gasteiger partial charge is 0.191 e. The Hall–Kier alpha value is -2.61. The summed E-state index contributed by atoms with van der Waals surface area (Å²) in [6, 6.07) is 22.3. The Bertz CT molecular complexity index is 1020. The zero-order valence-electron chi connectivity index (χ0n) is 16.4. The number of nitrogens with zero attached hydrogens (tertiary/aromatic N) is 3. The second kappa shape index (κ2) is 10.4. The van der Waals surface area contributed by atoms with Gasteiger partial charge in [-0.05, 0) is 41.1 Å². The Morgan fingerprint density at radius 3 is 2.57 bits per heavy atom. The Kier molecular flexibility index (Phi) is 7.18. The van der Waals surface area contributed by atoms with Crippen LogP contribution in [-0.2, 0) is 13.0 Å². The molecule has 2 aromatic heterocycles. The average Bonchev–Trinajstić information content (AvgIpc) is 3.47. The van der Waals surface area contributed by atoms with E-state index in [9.17, 15) is 5.11 Å². The number of rotatable bonds is 10. The summed E-state index contributed by atoms with van der Waals surface area (Å²) in [5, 5.41) is 21.4. The first kappa shape index (κ1) is 20.7. The summed E-state index contributed by atoms with van der Waals surface area (Å²) in [4.78, 5) is 1.34. The van der Waals surface area contributed by atoms with Gasteiger partial charge in [-0.1, -0.05) is 60.3 Å². The molecule has 0 aliphatic heterocycles. The summed E-state index contributed by atoms with van der Waals surface area (Å²) in [7, 11) is 0. The summed E-state index contributed by atoms with van der Waals surface area (Å²) in [5.74, 6) is 1.25. The maximum absolute atomic E-state index is 10.3. The van der Waals surface area contributed by atoms with Crippen LogP contribution in [0.1, 0.15) is 4.88 Å². The molecule has 0 radical (unpaired) electrons. The minimum absolute atomic E-state index is 0.237. The predicted octanol–water partition coefficient (Wildman–Crippen LogP) is 4.78. The lowest BCUT2D eigenvalue weighted by Gasteiger charge is -2.13. The molecule has 154 valence electrons. The van der Waals surface area contributed by atoms with Gasteiger partial charge in [0.2, 0.25) is 0 Å². The molecule has 1 N–H and O–H groups in total. The van der Waals surface area contributed by atoms with Crippen LogP contribution in [-0.4, -0.2) is 38.3 Å². The van der Waals surface area contributed by atoms with Gasteiger partial charge in [0.1, 0.15) is 18.7 Å². The summed E-state index contributed by atoms with van der Waals surface area (Å²) in [6.07, 6.45) is 2.10. The number of thiophene rings is 1. The first-order chi connectivity index (χ1) is 14.8. The van der Waals surface area contributed by atoms with E-state index in [-0.39, 0.29) is 6.61 Å². The fraction of sp³-hybridized carbons (Fsp3) is 0.217. The molecule has 2 heterocycles. The average molecular weight is 438 g/mol. The molecule has 7 heteroatoms. The van der Waals surface area contributed by atoms with Crippen molar-refractivity contribution in [2.75, 3.05) is 12.4 Å². The third kappa shape index (κ3) is 5.72. The quantitative estimate of drug-likeness (QED) is 0.362. The van der Waals surface area contributed by atoms with Gasteiger partial charge in [0.05, 0.1) is 6.10 Å². The molecule has 0 fully saturated rings. The van der Waals surface area contributed by atoms with Crippen LogP contribution in [0.4, 0.5) is 0 Å². The minimum Gasteiger partial charge on any atom is -0.491 e. The number of aromatic nitrogens is 3. The first-order valence-corrected chi connectivity index (χ1v) is 11.6. The third-order valence-corrected chi connectivity index (χ3v) is 6.63. The predicted molar refractivity (Wildman–Crippen MR) is 122 cm³/mol. The van der Waals surface area contributed by atoms with Gasteiger partial charge >= 0.3 is 0 Å². The first-order valence-electron chi connectivity index (χ1n) is 9.77. The number of aliphatic hydroxyl groups is 1. The van der Waals surface area contributed by atoms with Gasteiger partial charge in [0.15, 0.2) is 5.16 Å². The number of aliphatic hydroxyl groups excluding tert-OH is 1. The molecule has 0 amide bonds. The number of hydrogen-bond donors (Lipinski definition) is 1. The van der Waals surface area contributed by atoms with Crippen molar-refractivity contribution in [2.45, 2.75) is 24.2 Å². The molecule has 0 bridgehead atoms. The van der Waals surface area contributed by atoms with Crippen LogP contribution in [0, 0.1) is 0 Å². The second-order valence-electron chi connectivity index (χ2n) is 6.80. The van der Waals surface area contributed by atoms with Gasteiger partial charge < -0.3 is 14.4 Å². The van der Waals surface area contributed by atoms with Gasteiger partial charge in [-0.2, -0.15) is 0 Å². The Labute approximate surface area is 184 Å². The number of aryl methyl sites for hydroxylation is 2. The molecule has 30 heavy (non-hydrogen) atoms. The van der Waals surface area contributed by atoms with Crippen LogP contribution in [0.3, 0.4) is 0 Å². The lowest BCUT2D eigenvalue weighted by molar-refractivity contribution is 0.126. The molecule has 0 spiro atoms. The highest BCUT2D eigenvalue weighted by atomic mass is 32.2. The van der Waals surface area contributed by atoms with Crippen molar-refractivity contribution in [1.29, 1.82) is 0 Å². The van der Waals surface area contributed by atoms with E-state index in [0.717, 1.165) is 29.4 Å². The molecule has 1 atom stereocenters. The molecule has 4 rings (SSSR count). The topological polar surface area (TPSA) is 60.2 Å². The maximum Gasteiger partial charge on any atom is 0.191 e. The standard InChI is InChI=1S/C23H23N3O2S2/c27-20(15-28-21-10-8-19(9-11-21)18-5-2-1-3-6-18)16-30-23-25-24-17-26(23)13-12-22-7-4-14-29-22/h1-11,14,17,20,27H,12-13,15-16H2. The van der Waals surface area contributed by atoms with Crippen molar-refractivity contribution in [1.82, 2.24) is 14.8 Å². The highest BCUT2D eigenvalue weighted by Gasteiger charge is 2.11. The van der Waals surface area contributed by atoms with E-state index in [1.807, 2.05) is 47.0 Å². The van der Waals surface area contributed by atoms with Crippen LogP contribution < -0.4 is 4.74 Å². The van der Waals surface area contributed by atoms with E-state index in [4.69, 9.17) is 4.74 Å². The van der Waals surface area contributed by atoms with Gasteiger partial charge in [-0.3, -0.25) is 0 Å². The molecule has 0 saturated carbocycles.